The highest BCUT2D eigenvalue weighted by molar-refractivity contribution is 5.67. The van der Waals surface area contributed by atoms with E-state index in [1.165, 1.54) is 0 Å². The van der Waals surface area contributed by atoms with Gasteiger partial charge >= 0.3 is 6.09 Å². The monoisotopic (exact) mass is 317 g/mol. The summed E-state index contributed by atoms with van der Waals surface area (Å²) in [7, 11) is 0. The predicted molar refractivity (Wildman–Crippen MR) is 85.7 cm³/mol. The minimum absolute atomic E-state index is 0.250. The SMILES string of the molecule is N#CCCN(CCN1CCOCC1)C(=O)OCc1ccccc1. The van der Waals surface area contributed by atoms with Crippen LogP contribution in [0.15, 0.2) is 30.3 Å². The van der Waals surface area contributed by atoms with Crippen molar-refractivity contribution in [3.8, 4) is 6.07 Å². The second-order valence-corrected chi connectivity index (χ2v) is 5.39. The summed E-state index contributed by atoms with van der Waals surface area (Å²) in [4.78, 5) is 16.1. The molecule has 0 bridgehead atoms. The fourth-order valence-corrected chi connectivity index (χ4v) is 2.38. The molecule has 6 heteroatoms. The molecule has 124 valence electrons. The van der Waals surface area contributed by atoms with Gasteiger partial charge in [0.25, 0.3) is 0 Å². The van der Waals surface area contributed by atoms with E-state index >= 15 is 0 Å². The maximum Gasteiger partial charge on any atom is 0.410 e. The van der Waals surface area contributed by atoms with Gasteiger partial charge < -0.3 is 14.4 Å². The van der Waals surface area contributed by atoms with E-state index in [9.17, 15) is 4.79 Å². The Morgan fingerprint density at radius 1 is 1.26 bits per heavy atom. The molecule has 2 rings (SSSR count). The van der Waals surface area contributed by atoms with Crippen LogP contribution in [-0.2, 0) is 16.1 Å². The number of hydrogen-bond acceptors (Lipinski definition) is 5. The molecule has 1 fully saturated rings. The van der Waals surface area contributed by atoms with Gasteiger partial charge in [0, 0.05) is 32.7 Å². The summed E-state index contributed by atoms with van der Waals surface area (Å²) in [5, 5.41) is 8.77. The smallest absolute Gasteiger partial charge is 0.410 e. The number of hydrogen-bond donors (Lipinski definition) is 0. The largest absolute Gasteiger partial charge is 0.445 e. The highest BCUT2D eigenvalue weighted by Gasteiger charge is 2.17. The van der Waals surface area contributed by atoms with E-state index in [1.807, 2.05) is 30.3 Å². The first-order valence-electron chi connectivity index (χ1n) is 7.92. The van der Waals surface area contributed by atoms with Gasteiger partial charge in [-0.15, -0.1) is 0 Å². The molecule has 0 aliphatic carbocycles. The van der Waals surface area contributed by atoms with Crippen molar-refractivity contribution in [3.63, 3.8) is 0 Å². The van der Waals surface area contributed by atoms with E-state index < -0.39 is 0 Å². The Kier molecular flexibility index (Phi) is 7.37. The molecule has 0 spiro atoms. The van der Waals surface area contributed by atoms with E-state index in [2.05, 4.69) is 11.0 Å². The Morgan fingerprint density at radius 2 is 2.00 bits per heavy atom. The fraction of sp³-hybridized carbons (Fsp3) is 0.529. The minimum atomic E-state index is -0.364. The van der Waals surface area contributed by atoms with Gasteiger partial charge in [-0.25, -0.2) is 4.79 Å². The number of amides is 1. The van der Waals surface area contributed by atoms with Crippen LogP contribution in [0.25, 0.3) is 0 Å². The van der Waals surface area contributed by atoms with Crippen LogP contribution in [0.4, 0.5) is 4.79 Å². The molecular formula is C17H23N3O3. The average molecular weight is 317 g/mol. The first-order valence-corrected chi connectivity index (χ1v) is 7.92. The minimum Gasteiger partial charge on any atom is -0.445 e. The third-order valence-electron chi connectivity index (χ3n) is 3.75. The van der Waals surface area contributed by atoms with E-state index in [4.69, 9.17) is 14.7 Å². The summed E-state index contributed by atoms with van der Waals surface area (Å²) >= 11 is 0. The molecule has 0 atom stereocenters. The first kappa shape index (κ1) is 17.3. The summed E-state index contributed by atoms with van der Waals surface area (Å²) < 4.78 is 10.7. The second kappa shape index (κ2) is 9.82. The molecule has 0 aromatic heterocycles. The van der Waals surface area contributed by atoms with Crippen LogP contribution in [0.1, 0.15) is 12.0 Å². The lowest BCUT2D eigenvalue weighted by atomic mass is 10.2. The number of nitrogens with zero attached hydrogens (tertiary/aromatic N) is 3. The van der Waals surface area contributed by atoms with Crippen LogP contribution in [0.5, 0.6) is 0 Å². The number of ether oxygens (including phenoxy) is 2. The van der Waals surface area contributed by atoms with Crippen molar-refractivity contribution >= 4 is 6.09 Å². The van der Waals surface area contributed by atoms with Gasteiger partial charge in [-0.1, -0.05) is 30.3 Å². The second-order valence-electron chi connectivity index (χ2n) is 5.39. The summed E-state index contributed by atoms with van der Waals surface area (Å²) in [6.07, 6.45) is -0.0545. The van der Waals surface area contributed by atoms with Crippen molar-refractivity contribution in [2.45, 2.75) is 13.0 Å². The number of carbonyl (C=O) groups is 1. The van der Waals surface area contributed by atoms with Gasteiger partial charge in [-0.2, -0.15) is 5.26 Å². The van der Waals surface area contributed by atoms with Crippen molar-refractivity contribution in [2.75, 3.05) is 45.9 Å². The van der Waals surface area contributed by atoms with Gasteiger partial charge in [0.05, 0.1) is 25.7 Å². The molecule has 1 amide bonds. The summed E-state index contributed by atoms with van der Waals surface area (Å²) in [5.74, 6) is 0. The Bertz CT molecular complexity index is 510. The molecule has 1 saturated heterocycles. The summed E-state index contributed by atoms with van der Waals surface area (Å²) in [6.45, 7) is 5.21. The number of rotatable bonds is 7. The first-order chi connectivity index (χ1) is 11.3. The topological polar surface area (TPSA) is 65.8 Å². The molecule has 0 saturated carbocycles. The molecule has 1 aromatic rings. The van der Waals surface area contributed by atoms with Crippen molar-refractivity contribution < 1.29 is 14.3 Å². The number of benzene rings is 1. The molecule has 0 N–H and O–H groups in total. The van der Waals surface area contributed by atoms with E-state index in [1.54, 1.807) is 4.90 Å². The standard InChI is InChI=1S/C17H23N3O3/c18-7-4-8-20(10-9-19-11-13-22-14-12-19)17(21)23-15-16-5-2-1-3-6-16/h1-3,5-6H,4,8-15H2. The predicted octanol–water partition coefficient (Wildman–Crippen LogP) is 1.87. The van der Waals surface area contributed by atoms with Crippen molar-refractivity contribution in [1.29, 1.82) is 5.26 Å². The highest BCUT2D eigenvalue weighted by atomic mass is 16.6. The lowest BCUT2D eigenvalue weighted by Gasteiger charge is -2.29. The van der Waals surface area contributed by atoms with Crippen LogP contribution in [-0.4, -0.2) is 61.8 Å². The Balaban J connectivity index is 1.80. The van der Waals surface area contributed by atoms with Crippen LogP contribution >= 0.6 is 0 Å². The molecular weight excluding hydrogens is 294 g/mol. The zero-order valence-electron chi connectivity index (χ0n) is 13.3. The van der Waals surface area contributed by atoms with Crippen molar-refractivity contribution in [3.05, 3.63) is 35.9 Å². The van der Waals surface area contributed by atoms with Crippen LogP contribution in [0, 0.1) is 11.3 Å². The Morgan fingerprint density at radius 3 is 2.70 bits per heavy atom. The summed E-state index contributed by atoms with van der Waals surface area (Å²) in [5.41, 5.74) is 0.953. The Labute approximate surface area is 137 Å². The molecule has 1 aromatic carbocycles. The molecule has 1 aliphatic rings. The maximum atomic E-state index is 12.2. The molecule has 0 radical (unpaired) electrons. The van der Waals surface area contributed by atoms with Gasteiger partial charge in [-0.3, -0.25) is 4.90 Å². The quantitative estimate of drug-likeness (QED) is 0.768. The van der Waals surface area contributed by atoms with Crippen LogP contribution in [0.2, 0.25) is 0 Å². The normalized spacial score (nSPS) is 14.9. The van der Waals surface area contributed by atoms with E-state index in [-0.39, 0.29) is 12.7 Å². The number of carbonyl (C=O) groups excluding carboxylic acids is 1. The molecule has 1 heterocycles. The number of nitriles is 1. The van der Waals surface area contributed by atoms with E-state index in [0.717, 1.165) is 38.4 Å². The summed E-state index contributed by atoms with van der Waals surface area (Å²) in [6, 6.07) is 11.7. The third-order valence-corrected chi connectivity index (χ3v) is 3.75. The molecule has 0 unspecified atom stereocenters. The van der Waals surface area contributed by atoms with Gasteiger partial charge in [-0.05, 0) is 5.56 Å². The van der Waals surface area contributed by atoms with Crippen LogP contribution < -0.4 is 0 Å². The third kappa shape index (κ3) is 6.27. The molecule has 6 nitrogen and oxygen atoms in total. The van der Waals surface area contributed by atoms with Crippen LogP contribution in [0.3, 0.4) is 0 Å². The van der Waals surface area contributed by atoms with Gasteiger partial charge in [0.2, 0.25) is 0 Å². The lowest BCUT2D eigenvalue weighted by Crippen LogP contribution is -2.43. The van der Waals surface area contributed by atoms with Crippen molar-refractivity contribution in [2.24, 2.45) is 0 Å². The number of morpholine rings is 1. The lowest BCUT2D eigenvalue weighted by molar-refractivity contribution is 0.0318. The van der Waals surface area contributed by atoms with E-state index in [0.29, 0.717) is 19.5 Å². The van der Waals surface area contributed by atoms with Crippen molar-refractivity contribution in [1.82, 2.24) is 9.80 Å². The highest BCUT2D eigenvalue weighted by Crippen LogP contribution is 2.05. The zero-order chi connectivity index (χ0) is 16.3. The fourth-order valence-electron chi connectivity index (χ4n) is 2.38. The van der Waals surface area contributed by atoms with Gasteiger partial charge in [0.1, 0.15) is 6.61 Å². The van der Waals surface area contributed by atoms with Gasteiger partial charge in [0.15, 0.2) is 0 Å². The zero-order valence-corrected chi connectivity index (χ0v) is 13.3. The maximum absolute atomic E-state index is 12.2. The molecule has 1 aliphatic heterocycles. The molecule has 23 heavy (non-hydrogen) atoms. The Hall–Kier alpha value is -2.10. The average Bonchev–Trinajstić information content (AvgIpc) is 2.61.